The van der Waals surface area contributed by atoms with Gasteiger partial charge in [0.15, 0.2) is 0 Å². The number of aliphatic imine (C=N–C) groups is 1. The molecule has 0 atom stereocenters. The first kappa shape index (κ1) is 25.1. The van der Waals surface area contributed by atoms with Crippen LogP contribution in [0.3, 0.4) is 0 Å². The zero-order chi connectivity index (χ0) is 26.2. The number of aromatic nitrogens is 1. The van der Waals surface area contributed by atoms with E-state index in [1.54, 1.807) is 80.1 Å². The van der Waals surface area contributed by atoms with Crippen molar-refractivity contribution in [3.63, 3.8) is 0 Å². The Kier molecular flexibility index (Phi) is 7.86. The number of nitrogens with zero attached hydrogens (tertiary/aromatic N) is 3. The number of halogens is 1. The van der Waals surface area contributed by atoms with Crippen LogP contribution >= 0.6 is 0 Å². The molecular formula is C29H25FN6O. The van der Waals surface area contributed by atoms with Crippen LogP contribution in [0.15, 0.2) is 89.7 Å². The second-order valence-electron chi connectivity index (χ2n) is 8.13. The number of pyridine rings is 1. The Bertz CT molecular complexity index is 1540. The molecule has 37 heavy (non-hydrogen) atoms. The number of amides is 1. The molecule has 7 nitrogen and oxygen atoms in total. The molecule has 1 heterocycles. The summed E-state index contributed by atoms with van der Waals surface area (Å²) in [7, 11) is 1.67. The third kappa shape index (κ3) is 6.16. The average Bonchev–Trinajstić information content (AvgIpc) is 2.92. The summed E-state index contributed by atoms with van der Waals surface area (Å²) in [4.78, 5) is 21.0. The minimum Gasteiger partial charge on any atom is -0.356 e. The van der Waals surface area contributed by atoms with Crippen LogP contribution in [0.2, 0.25) is 0 Å². The molecule has 0 aliphatic heterocycles. The minimum absolute atomic E-state index is 0.316. The molecule has 0 radical (unpaired) electrons. The van der Waals surface area contributed by atoms with E-state index in [1.165, 1.54) is 6.07 Å². The number of hydrogen-bond donors (Lipinski definition) is 3. The third-order valence-corrected chi connectivity index (χ3v) is 5.62. The van der Waals surface area contributed by atoms with E-state index < -0.39 is 5.82 Å². The van der Waals surface area contributed by atoms with Crippen LogP contribution in [0, 0.1) is 17.1 Å². The third-order valence-electron chi connectivity index (χ3n) is 5.62. The van der Waals surface area contributed by atoms with Gasteiger partial charge < -0.3 is 16.0 Å². The highest BCUT2D eigenvalue weighted by atomic mass is 19.1. The van der Waals surface area contributed by atoms with Crippen LogP contribution < -0.4 is 16.0 Å². The van der Waals surface area contributed by atoms with Crippen molar-refractivity contribution in [1.29, 1.82) is 5.26 Å². The number of nitrogens with one attached hydrogen (secondary N) is 3. The quantitative estimate of drug-likeness (QED) is 0.239. The van der Waals surface area contributed by atoms with Gasteiger partial charge in [-0.2, -0.15) is 5.26 Å². The minimum atomic E-state index is -0.478. The van der Waals surface area contributed by atoms with Crippen molar-refractivity contribution < 1.29 is 9.18 Å². The summed E-state index contributed by atoms with van der Waals surface area (Å²) in [6.07, 6.45) is 5.81. The maximum atomic E-state index is 14.6. The zero-order valence-electron chi connectivity index (χ0n) is 20.4. The molecule has 0 fully saturated rings. The van der Waals surface area contributed by atoms with Crippen LogP contribution in [0.4, 0.5) is 27.1 Å². The van der Waals surface area contributed by atoms with Gasteiger partial charge in [0, 0.05) is 53.2 Å². The Morgan fingerprint density at radius 1 is 1.03 bits per heavy atom. The molecule has 0 saturated carbocycles. The number of benzene rings is 3. The summed E-state index contributed by atoms with van der Waals surface area (Å²) in [6.45, 7) is 1.96. The lowest BCUT2D eigenvalue weighted by molar-refractivity contribution is 0.102. The number of anilines is 4. The molecule has 184 valence electrons. The molecule has 4 aromatic rings. The smallest absolute Gasteiger partial charge is 0.255 e. The molecule has 0 spiro atoms. The number of nitriles is 1. The highest BCUT2D eigenvalue weighted by Gasteiger charge is 2.10. The van der Waals surface area contributed by atoms with E-state index in [0.29, 0.717) is 28.9 Å². The SMILES string of the molecule is CC/C(=C\C=NC)Nc1ccc(NC(=O)c2ccc(Nc3ccnc4ccc(C#N)cc34)cc2)cc1F. The monoisotopic (exact) mass is 492 g/mol. The number of fused-ring (bicyclic) bond motifs is 1. The molecule has 0 aliphatic carbocycles. The fraction of sp³-hybridized carbons (Fsp3) is 0.103. The maximum Gasteiger partial charge on any atom is 0.255 e. The van der Waals surface area contributed by atoms with Gasteiger partial charge in [0.25, 0.3) is 5.91 Å². The van der Waals surface area contributed by atoms with Crippen LogP contribution in [0.5, 0.6) is 0 Å². The van der Waals surface area contributed by atoms with E-state index in [9.17, 15) is 14.4 Å². The second kappa shape index (κ2) is 11.6. The first-order valence-electron chi connectivity index (χ1n) is 11.7. The molecule has 8 heteroatoms. The first-order valence-corrected chi connectivity index (χ1v) is 11.7. The summed E-state index contributed by atoms with van der Waals surface area (Å²) >= 11 is 0. The first-order chi connectivity index (χ1) is 18.0. The summed E-state index contributed by atoms with van der Waals surface area (Å²) in [5.74, 6) is -0.831. The van der Waals surface area contributed by atoms with E-state index in [0.717, 1.165) is 28.0 Å². The van der Waals surface area contributed by atoms with Gasteiger partial charge in [0.1, 0.15) is 5.82 Å². The predicted molar refractivity (Wildman–Crippen MR) is 147 cm³/mol. The maximum absolute atomic E-state index is 14.6. The Hall–Kier alpha value is -5.03. The summed E-state index contributed by atoms with van der Waals surface area (Å²) < 4.78 is 14.6. The molecule has 0 aliphatic rings. The van der Waals surface area contributed by atoms with Gasteiger partial charge >= 0.3 is 0 Å². The van der Waals surface area contributed by atoms with Crippen molar-refractivity contribution in [1.82, 2.24) is 4.98 Å². The van der Waals surface area contributed by atoms with Crippen molar-refractivity contribution >= 4 is 45.8 Å². The molecule has 0 unspecified atom stereocenters. The topological polar surface area (TPSA) is 102 Å². The molecule has 4 rings (SSSR count). The number of hydrogen-bond acceptors (Lipinski definition) is 6. The Labute approximate surface area is 214 Å². The lowest BCUT2D eigenvalue weighted by Crippen LogP contribution is -2.12. The van der Waals surface area contributed by atoms with Gasteiger partial charge in [0.05, 0.1) is 22.8 Å². The van der Waals surface area contributed by atoms with Crippen LogP contribution in [-0.4, -0.2) is 24.2 Å². The van der Waals surface area contributed by atoms with Crippen LogP contribution in [-0.2, 0) is 0 Å². The molecule has 3 N–H and O–H groups in total. The van der Waals surface area contributed by atoms with Gasteiger partial charge in [-0.15, -0.1) is 0 Å². The fourth-order valence-electron chi connectivity index (χ4n) is 3.67. The van der Waals surface area contributed by atoms with Gasteiger partial charge in [-0.1, -0.05) is 6.92 Å². The number of rotatable bonds is 8. The zero-order valence-corrected chi connectivity index (χ0v) is 20.4. The van der Waals surface area contributed by atoms with Gasteiger partial charge in [-0.3, -0.25) is 14.8 Å². The van der Waals surface area contributed by atoms with E-state index in [4.69, 9.17) is 0 Å². The van der Waals surface area contributed by atoms with Gasteiger partial charge in [-0.05, 0) is 79.2 Å². The molecule has 1 amide bonds. The van der Waals surface area contributed by atoms with Crippen molar-refractivity contribution in [3.8, 4) is 6.07 Å². The molecule has 0 bridgehead atoms. The Balaban J connectivity index is 1.44. The van der Waals surface area contributed by atoms with Crippen molar-refractivity contribution in [2.24, 2.45) is 4.99 Å². The largest absolute Gasteiger partial charge is 0.356 e. The average molecular weight is 493 g/mol. The summed E-state index contributed by atoms with van der Waals surface area (Å²) in [6, 6.07) is 20.7. The van der Waals surface area contributed by atoms with Crippen LogP contribution in [0.25, 0.3) is 10.9 Å². The van der Waals surface area contributed by atoms with E-state index >= 15 is 0 Å². The highest BCUT2D eigenvalue weighted by molar-refractivity contribution is 6.04. The Morgan fingerprint density at radius 2 is 1.81 bits per heavy atom. The molecule has 0 saturated heterocycles. The molecular weight excluding hydrogens is 467 g/mol. The van der Waals surface area contributed by atoms with E-state index in [2.05, 4.69) is 32.0 Å². The molecule has 3 aromatic carbocycles. The highest BCUT2D eigenvalue weighted by Crippen LogP contribution is 2.27. The van der Waals surface area contributed by atoms with Gasteiger partial charge in [-0.25, -0.2) is 4.39 Å². The van der Waals surface area contributed by atoms with Crippen molar-refractivity contribution in [2.75, 3.05) is 23.0 Å². The summed E-state index contributed by atoms with van der Waals surface area (Å²) in [5, 5.41) is 19.1. The predicted octanol–water partition coefficient (Wildman–Crippen LogP) is 6.65. The lowest BCUT2D eigenvalue weighted by Gasteiger charge is -2.12. The van der Waals surface area contributed by atoms with Crippen molar-refractivity contribution in [2.45, 2.75) is 13.3 Å². The van der Waals surface area contributed by atoms with Crippen LogP contribution in [0.1, 0.15) is 29.3 Å². The Morgan fingerprint density at radius 3 is 2.51 bits per heavy atom. The van der Waals surface area contributed by atoms with Crippen molar-refractivity contribution in [3.05, 3.63) is 102 Å². The standard InChI is InChI=1S/C29H25FN6O/c1-3-21(12-14-32-2)34-28-11-9-23(17-25(28)30)36-29(37)20-5-7-22(8-6-20)35-27-13-15-33-26-10-4-19(18-31)16-24(26)27/h4-17,34H,3H2,1-2H3,(H,33,35)(H,36,37)/b21-12+,32-14?. The second-order valence-corrected chi connectivity index (χ2v) is 8.13. The summed E-state index contributed by atoms with van der Waals surface area (Å²) in [5.41, 5.74) is 4.79. The fourth-order valence-corrected chi connectivity index (χ4v) is 3.67. The van der Waals surface area contributed by atoms with E-state index in [-0.39, 0.29) is 5.91 Å². The normalized spacial score (nSPS) is 11.4. The number of carbonyl (C=O) groups is 1. The lowest BCUT2D eigenvalue weighted by atomic mass is 10.1. The van der Waals surface area contributed by atoms with E-state index in [1.807, 2.05) is 13.0 Å². The number of carbonyl (C=O) groups excluding carboxylic acids is 1. The van der Waals surface area contributed by atoms with Gasteiger partial charge in [0.2, 0.25) is 0 Å². The molecule has 1 aromatic heterocycles. The number of allylic oxidation sites excluding steroid dienone is 2.